The first-order chi connectivity index (χ1) is 12.3. The predicted octanol–water partition coefficient (Wildman–Crippen LogP) is 2.76. The summed E-state index contributed by atoms with van der Waals surface area (Å²) in [6.45, 7) is 1.87. The summed E-state index contributed by atoms with van der Waals surface area (Å²) in [4.78, 5) is 12.2. The maximum Gasteiger partial charge on any atom is 0.239 e. The van der Waals surface area contributed by atoms with Gasteiger partial charge in [0.05, 0.1) is 12.7 Å². The third-order valence-electron chi connectivity index (χ3n) is 4.85. The zero-order valence-corrected chi connectivity index (χ0v) is 14.7. The molecule has 4 heteroatoms. The van der Waals surface area contributed by atoms with E-state index in [-0.39, 0.29) is 18.1 Å². The summed E-state index contributed by atoms with van der Waals surface area (Å²) in [7, 11) is 0. The fraction of sp³-hybridized carbons (Fsp3) is 0.476. The molecule has 2 N–H and O–H groups in total. The zero-order chi connectivity index (χ0) is 17.3. The van der Waals surface area contributed by atoms with E-state index in [1.807, 2.05) is 18.2 Å². The molecular weight excluding hydrogens is 312 g/mol. The van der Waals surface area contributed by atoms with Crippen molar-refractivity contribution in [2.24, 2.45) is 0 Å². The van der Waals surface area contributed by atoms with Gasteiger partial charge in [-0.2, -0.15) is 0 Å². The van der Waals surface area contributed by atoms with Crippen LogP contribution in [0.3, 0.4) is 0 Å². The van der Waals surface area contributed by atoms with Crippen molar-refractivity contribution >= 4 is 5.91 Å². The molecule has 3 rings (SSSR count). The summed E-state index contributed by atoms with van der Waals surface area (Å²) in [6.07, 6.45) is 12.1. The highest BCUT2D eigenvalue weighted by Crippen LogP contribution is 2.19. The molecule has 2 unspecified atom stereocenters. The van der Waals surface area contributed by atoms with Crippen LogP contribution in [0.25, 0.3) is 0 Å². The predicted molar refractivity (Wildman–Crippen MR) is 100 cm³/mol. The second-order valence-corrected chi connectivity index (χ2v) is 6.77. The summed E-state index contributed by atoms with van der Waals surface area (Å²) in [5.74, 6) is 0.0366. The molecule has 1 saturated heterocycles. The second kappa shape index (κ2) is 9.54. The van der Waals surface area contributed by atoms with Crippen LogP contribution in [-0.4, -0.2) is 37.7 Å². The van der Waals surface area contributed by atoms with E-state index in [0.717, 1.165) is 32.2 Å². The topological polar surface area (TPSA) is 50.4 Å². The molecule has 134 valence electrons. The third kappa shape index (κ3) is 5.83. The van der Waals surface area contributed by atoms with Gasteiger partial charge in [0.15, 0.2) is 0 Å². The number of amides is 1. The van der Waals surface area contributed by atoms with Crippen LogP contribution in [-0.2, 0) is 16.0 Å². The minimum Gasteiger partial charge on any atom is -0.375 e. The average Bonchev–Trinajstić information content (AvgIpc) is 2.68. The van der Waals surface area contributed by atoms with Crippen molar-refractivity contribution in [1.29, 1.82) is 0 Å². The molecule has 0 bridgehead atoms. The van der Waals surface area contributed by atoms with Gasteiger partial charge >= 0.3 is 0 Å². The van der Waals surface area contributed by atoms with E-state index in [0.29, 0.717) is 13.2 Å². The van der Waals surface area contributed by atoms with Crippen LogP contribution in [0.4, 0.5) is 0 Å². The van der Waals surface area contributed by atoms with E-state index >= 15 is 0 Å². The number of hydrogen-bond donors (Lipinski definition) is 2. The van der Waals surface area contributed by atoms with E-state index in [1.54, 1.807) is 0 Å². The molecule has 0 radical (unpaired) electrons. The summed E-state index contributed by atoms with van der Waals surface area (Å²) in [6, 6.07) is 9.97. The highest BCUT2D eigenvalue weighted by Gasteiger charge is 2.26. The largest absolute Gasteiger partial charge is 0.375 e. The number of hydrogen-bond acceptors (Lipinski definition) is 3. The van der Waals surface area contributed by atoms with Gasteiger partial charge in [-0.15, -0.1) is 0 Å². The van der Waals surface area contributed by atoms with Crippen LogP contribution >= 0.6 is 0 Å². The van der Waals surface area contributed by atoms with E-state index in [2.05, 4.69) is 41.0 Å². The molecule has 1 aromatic rings. The van der Waals surface area contributed by atoms with Crippen molar-refractivity contribution < 1.29 is 9.53 Å². The number of carbonyl (C=O) groups excluding carboxylic acids is 1. The van der Waals surface area contributed by atoms with Crippen molar-refractivity contribution in [1.82, 2.24) is 10.6 Å². The summed E-state index contributed by atoms with van der Waals surface area (Å²) in [5, 5.41) is 6.34. The van der Waals surface area contributed by atoms with Gasteiger partial charge in [-0.1, -0.05) is 54.1 Å². The molecule has 1 aromatic carbocycles. The van der Waals surface area contributed by atoms with Gasteiger partial charge in [0.1, 0.15) is 6.04 Å². The third-order valence-corrected chi connectivity index (χ3v) is 4.85. The Morgan fingerprint density at radius 1 is 1.24 bits per heavy atom. The quantitative estimate of drug-likeness (QED) is 0.802. The smallest absolute Gasteiger partial charge is 0.239 e. The van der Waals surface area contributed by atoms with Gasteiger partial charge in [-0.3, -0.25) is 4.79 Å². The molecule has 1 aliphatic carbocycles. The first-order valence-electron chi connectivity index (χ1n) is 9.32. The number of carbonyl (C=O) groups is 1. The van der Waals surface area contributed by atoms with Crippen molar-refractivity contribution in [3.05, 3.63) is 59.7 Å². The maximum atomic E-state index is 12.2. The number of allylic oxidation sites excluding steroid dienone is 4. The van der Waals surface area contributed by atoms with Crippen molar-refractivity contribution in [2.45, 2.75) is 44.2 Å². The van der Waals surface area contributed by atoms with Crippen molar-refractivity contribution in [2.75, 3.05) is 19.7 Å². The van der Waals surface area contributed by atoms with E-state index in [9.17, 15) is 4.79 Å². The van der Waals surface area contributed by atoms with Crippen LogP contribution in [0, 0.1) is 0 Å². The van der Waals surface area contributed by atoms with Gasteiger partial charge in [0.25, 0.3) is 0 Å². The molecule has 25 heavy (non-hydrogen) atoms. The lowest BCUT2D eigenvalue weighted by molar-refractivity contribution is -0.127. The molecular formula is C21H28N2O2. The SMILES string of the molecule is O=C(NCCc1ccccc1)C1COC(CCC2=CC=CCC2)CN1. The van der Waals surface area contributed by atoms with E-state index < -0.39 is 0 Å². The summed E-state index contributed by atoms with van der Waals surface area (Å²) >= 11 is 0. The van der Waals surface area contributed by atoms with Gasteiger partial charge in [-0.05, 0) is 37.7 Å². The Kier molecular flexibility index (Phi) is 6.83. The van der Waals surface area contributed by atoms with Gasteiger partial charge in [0.2, 0.25) is 5.91 Å². The zero-order valence-electron chi connectivity index (χ0n) is 14.7. The molecule has 1 heterocycles. The molecule has 0 saturated carbocycles. The van der Waals surface area contributed by atoms with Gasteiger partial charge < -0.3 is 15.4 Å². The Hall–Kier alpha value is -1.91. The molecule has 0 spiro atoms. The summed E-state index contributed by atoms with van der Waals surface area (Å²) in [5.41, 5.74) is 2.74. The minimum absolute atomic E-state index is 0.0366. The van der Waals surface area contributed by atoms with Crippen molar-refractivity contribution in [3.63, 3.8) is 0 Å². The molecule has 0 aromatic heterocycles. The highest BCUT2D eigenvalue weighted by atomic mass is 16.5. The standard InChI is InChI=1S/C21H28N2O2/c24-21(22-14-13-18-9-5-2-6-10-18)20-16-25-19(15-23-20)12-11-17-7-3-1-4-8-17/h1-3,5-7,9-10,19-20,23H,4,8,11-16H2,(H,22,24). The normalized spacial score (nSPS) is 23.1. The van der Waals surface area contributed by atoms with Crippen LogP contribution in [0.1, 0.15) is 31.2 Å². The van der Waals surface area contributed by atoms with Crippen molar-refractivity contribution in [3.8, 4) is 0 Å². The number of benzene rings is 1. The molecule has 1 aliphatic heterocycles. The Bertz CT molecular complexity index is 602. The first-order valence-corrected chi connectivity index (χ1v) is 9.32. The van der Waals surface area contributed by atoms with E-state index in [1.165, 1.54) is 17.6 Å². The lowest BCUT2D eigenvalue weighted by Crippen LogP contribution is -2.54. The first kappa shape index (κ1) is 17.9. The van der Waals surface area contributed by atoms with Crippen LogP contribution < -0.4 is 10.6 Å². The van der Waals surface area contributed by atoms with Crippen LogP contribution in [0.15, 0.2) is 54.1 Å². The van der Waals surface area contributed by atoms with Crippen LogP contribution in [0.5, 0.6) is 0 Å². The number of ether oxygens (including phenoxy) is 1. The fourth-order valence-electron chi connectivity index (χ4n) is 3.28. The molecule has 2 aliphatic rings. The molecule has 1 fully saturated rings. The number of rotatable bonds is 7. The summed E-state index contributed by atoms with van der Waals surface area (Å²) < 4.78 is 5.90. The molecule has 1 amide bonds. The number of nitrogens with one attached hydrogen (secondary N) is 2. The lowest BCUT2D eigenvalue weighted by atomic mass is 9.98. The van der Waals surface area contributed by atoms with E-state index in [4.69, 9.17) is 4.74 Å². The minimum atomic E-state index is -0.233. The second-order valence-electron chi connectivity index (χ2n) is 6.77. The fourth-order valence-corrected chi connectivity index (χ4v) is 3.28. The highest BCUT2D eigenvalue weighted by molar-refractivity contribution is 5.82. The Morgan fingerprint density at radius 2 is 2.12 bits per heavy atom. The number of morpholine rings is 1. The van der Waals surface area contributed by atoms with Crippen LogP contribution in [0.2, 0.25) is 0 Å². The Balaban J connectivity index is 1.32. The molecule has 4 nitrogen and oxygen atoms in total. The van der Waals surface area contributed by atoms with Gasteiger partial charge in [0, 0.05) is 13.1 Å². The maximum absolute atomic E-state index is 12.2. The Labute approximate surface area is 150 Å². The molecule has 2 atom stereocenters. The Morgan fingerprint density at radius 3 is 2.84 bits per heavy atom. The van der Waals surface area contributed by atoms with Gasteiger partial charge in [-0.25, -0.2) is 0 Å². The average molecular weight is 340 g/mol. The monoisotopic (exact) mass is 340 g/mol. The lowest BCUT2D eigenvalue weighted by Gasteiger charge is -2.30.